The van der Waals surface area contributed by atoms with Crippen LogP contribution in [0.25, 0.3) is 0 Å². The number of thioether (sulfide) groups is 2. The van der Waals surface area contributed by atoms with Crippen molar-refractivity contribution in [3.8, 4) is 11.5 Å². The molecule has 1 aromatic rings. The smallest absolute Gasteiger partial charge is 0.177 e. The van der Waals surface area contributed by atoms with Crippen molar-refractivity contribution in [2.45, 2.75) is 17.4 Å². The van der Waals surface area contributed by atoms with Crippen LogP contribution in [0.5, 0.6) is 11.5 Å². The first kappa shape index (κ1) is 14.6. The van der Waals surface area contributed by atoms with Gasteiger partial charge in [-0.15, -0.1) is 11.8 Å². The molecule has 1 aliphatic rings. The first-order valence-corrected chi connectivity index (χ1v) is 8.26. The summed E-state index contributed by atoms with van der Waals surface area (Å²) in [5.41, 5.74) is 0.699. The SMILES string of the molecule is COc1ccc(C(=O)C2SCCSC2C)cc1OC. The van der Waals surface area contributed by atoms with Gasteiger partial charge in [0.05, 0.1) is 19.5 Å². The molecule has 0 aromatic heterocycles. The number of rotatable bonds is 4. The highest BCUT2D eigenvalue weighted by molar-refractivity contribution is 8.07. The Morgan fingerprint density at radius 3 is 2.47 bits per heavy atom. The van der Waals surface area contributed by atoms with E-state index in [1.807, 2.05) is 17.8 Å². The molecular formula is C14H18O3S2. The van der Waals surface area contributed by atoms with E-state index in [0.29, 0.717) is 22.3 Å². The first-order chi connectivity index (χ1) is 9.17. The van der Waals surface area contributed by atoms with Gasteiger partial charge in [-0.25, -0.2) is 0 Å². The number of benzene rings is 1. The van der Waals surface area contributed by atoms with Crippen molar-refractivity contribution in [2.24, 2.45) is 0 Å². The van der Waals surface area contributed by atoms with E-state index in [-0.39, 0.29) is 11.0 Å². The van der Waals surface area contributed by atoms with Crippen LogP contribution in [-0.2, 0) is 0 Å². The zero-order valence-electron chi connectivity index (χ0n) is 11.3. The fraction of sp³-hybridized carbons (Fsp3) is 0.500. The van der Waals surface area contributed by atoms with Crippen LogP contribution in [0.15, 0.2) is 18.2 Å². The summed E-state index contributed by atoms with van der Waals surface area (Å²) in [6, 6.07) is 5.38. The lowest BCUT2D eigenvalue weighted by atomic mass is 10.1. The highest BCUT2D eigenvalue weighted by atomic mass is 32.2. The number of carbonyl (C=O) groups is 1. The normalized spacial score (nSPS) is 22.9. The molecule has 0 bridgehead atoms. The molecule has 1 saturated heterocycles. The Morgan fingerprint density at radius 2 is 1.84 bits per heavy atom. The fourth-order valence-electron chi connectivity index (χ4n) is 2.07. The minimum Gasteiger partial charge on any atom is -0.493 e. The summed E-state index contributed by atoms with van der Waals surface area (Å²) in [5.74, 6) is 3.61. The Hall–Kier alpha value is -0.810. The van der Waals surface area contributed by atoms with Gasteiger partial charge in [0.1, 0.15) is 0 Å². The Balaban J connectivity index is 2.23. The third-order valence-electron chi connectivity index (χ3n) is 3.11. The lowest BCUT2D eigenvalue weighted by Gasteiger charge is -2.26. The van der Waals surface area contributed by atoms with Crippen molar-refractivity contribution < 1.29 is 14.3 Å². The third-order valence-corrected chi connectivity index (χ3v) is 6.20. The number of hydrogen-bond donors (Lipinski definition) is 0. The van der Waals surface area contributed by atoms with Crippen LogP contribution in [0.4, 0.5) is 0 Å². The van der Waals surface area contributed by atoms with Crippen molar-refractivity contribution in [2.75, 3.05) is 25.7 Å². The van der Waals surface area contributed by atoms with Gasteiger partial charge < -0.3 is 9.47 Å². The second-order valence-electron chi connectivity index (χ2n) is 4.30. The molecule has 0 N–H and O–H groups in total. The van der Waals surface area contributed by atoms with Gasteiger partial charge in [0.15, 0.2) is 17.3 Å². The van der Waals surface area contributed by atoms with Gasteiger partial charge in [0.2, 0.25) is 0 Å². The maximum atomic E-state index is 12.5. The number of carbonyl (C=O) groups excluding carboxylic acids is 1. The molecule has 0 saturated carbocycles. The Kier molecular flexibility index (Phi) is 5.05. The lowest BCUT2D eigenvalue weighted by molar-refractivity contribution is 0.0989. The van der Waals surface area contributed by atoms with Crippen molar-refractivity contribution in [3.05, 3.63) is 23.8 Å². The average molecular weight is 298 g/mol. The Bertz CT molecular complexity index is 462. The van der Waals surface area contributed by atoms with E-state index in [9.17, 15) is 4.79 Å². The summed E-state index contributed by atoms with van der Waals surface area (Å²) in [6.45, 7) is 2.13. The molecule has 2 unspecified atom stereocenters. The quantitative estimate of drug-likeness (QED) is 0.798. The number of methoxy groups -OCH3 is 2. The highest BCUT2D eigenvalue weighted by Gasteiger charge is 2.30. The molecular weight excluding hydrogens is 280 g/mol. The molecule has 2 rings (SSSR count). The molecule has 5 heteroatoms. The van der Waals surface area contributed by atoms with Gasteiger partial charge in [-0.1, -0.05) is 6.92 Å². The standard InChI is InChI=1S/C14H18O3S2/c1-9-14(19-7-6-18-9)13(15)10-4-5-11(16-2)12(8-10)17-3/h4-5,8-9,14H,6-7H2,1-3H3. The van der Waals surface area contributed by atoms with Gasteiger partial charge in [0, 0.05) is 22.3 Å². The van der Waals surface area contributed by atoms with Gasteiger partial charge >= 0.3 is 0 Å². The molecule has 1 aromatic carbocycles. The molecule has 1 fully saturated rings. The minimum atomic E-state index is 0.0388. The number of hydrogen-bond acceptors (Lipinski definition) is 5. The second kappa shape index (κ2) is 6.57. The number of ketones is 1. The summed E-state index contributed by atoms with van der Waals surface area (Å²) in [6.07, 6.45) is 0. The highest BCUT2D eigenvalue weighted by Crippen LogP contribution is 2.35. The summed E-state index contributed by atoms with van der Waals surface area (Å²) >= 11 is 3.62. The third kappa shape index (κ3) is 3.20. The van der Waals surface area contributed by atoms with E-state index in [1.54, 1.807) is 38.1 Å². The number of Topliss-reactive ketones (excluding diaryl/α,β-unsaturated/α-hetero) is 1. The largest absolute Gasteiger partial charge is 0.493 e. The van der Waals surface area contributed by atoms with E-state index < -0.39 is 0 Å². The number of ether oxygens (including phenoxy) is 2. The summed E-state index contributed by atoms with van der Waals surface area (Å²) in [7, 11) is 3.18. The van der Waals surface area contributed by atoms with E-state index in [1.165, 1.54) is 0 Å². The van der Waals surface area contributed by atoms with Crippen LogP contribution in [0.1, 0.15) is 17.3 Å². The molecule has 104 valence electrons. The van der Waals surface area contributed by atoms with E-state index in [4.69, 9.17) is 9.47 Å². The molecule has 2 atom stereocenters. The van der Waals surface area contributed by atoms with Gasteiger partial charge in [-0.2, -0.15) is 11.8 Å². The van der Waals surface area contributed by atoms with Crippen molar-refractivity contribution >= 4 is 29.3 Å². The Labute approximate surface area is 122 Å². The zero-order chi connectivity index (χ0) is 13.8. The summed E-state index contributed by atoms with van der Waals surface area (Å²) in [4.78, 5) is 12.5. The van der Waals surface area contributed by atoms with Crippen LogP contribution in [0.2, 0.25) is 0 Å². The molecule has 0 radical (unpaired) electrons. The fourth-order valence-corrected chi connectivity index (χ4v) is 4.80. The van der Waals surface area contributed by atoms with E-state index in [2.05, 4.69) is 6.92 Å². The molecule has 0 spiro atoms. The van der Waals surface area contributed by atoms with Gasteiger partial charge in [0.25, 0.3) is 0 Å². The molecule has 0 amide bonds. The minimum absolute atomic E-state index is 0.0388. The molecule has 1 aliphatic heterocycles. The first-order valence-electron chi connectivity index (χ1n) is 6.17. The average Bonchev–Trinajstić information content (AvgIpc) is 2.46. The molecule has 0 aliphatic carbocycles. The van der Waals surface area contributed by atoms with Crippen LogP contribution in [0.3, 0.4) is 0 Å². The molecule has 3 nitrogen and oxygen atoms in total. The van der Waals surface area contributed by atoms with Crippen molar-refractivity contribution in [1.29, 1.82) is 0 Å². The predicted molar refractivity (Wildman–Crippen MR) is 82.0 cm³/mol. The zero-order valence-corrected chi connectivity index (χ0v) is 13.0. The van der Waals surface area contributed by atoms with Crippen molar-refractivity contribution in [3.63, 3.8) is 0 Å². The van der Waals surface area contributed by atoms with Gasteiger partial charge in [-0.05, 0) is 18.2 Å². The van der Waals surface area contributed by atoms with E-state index >= 15 is 0 Å². The lowest BCUT2D eigenvalue weighted by Crippen LogP contribution is -2.31. The molecule has 19 heavy (non-hydrogen) atoms. The second-order valence-corrected chi connectivity index (χ2v) is 7.04. The topological polar surface area (TPSA) is 35.5 Å². The maximum absolute atomic E-state index is 12.5. The van der Waals surface area contributed by atoms with Gasteiger partial charge in [-0.3, -0.25) is 4.79 Å². The Morgan fingerprint density at radius 1 is 1.16 bits per heavy atom. The van der Waals surface area contributed by atoms with E-state index in [0.717, 1.165) is 11.5 Å². The monoisotopic (exact) mass is 298 g/mol. The summed E-state index contributed by atoms with van der Waals surface area (Å²) < 4.78 is 10.4. The maximum Gasteiger partial charge on any atom is 0.177 e. The van der Waals surface area contributed by atoms with Crippen LogP contribution < -0.4 is 9.47 Å². The summed E-state index contributed by atoms with van der Waals surface area (Å²) in [5, 5.41) is 0.399. The van der Waals surface area contributed by atoms with Crippen LogP contribution in [0, 0.1) is 0 Å². The van der Waals surface area contributed by atoms with Crippen LogP contribution in [-0.4, -0.2) is 42.0 Å². The molecule has 1 heterocycles. The predicted octanol–water partition coefficient (Wildman–Crippen LogP) is 3.12. The van der Waals surface area contributed by atoms with Crippen molar-refractivity contribution in [1.82, 2.24) is 0 Å². The van der Waals surface area contributed by atoms with Crippen LogP contribution >= 0.6 is 23.5 Å².